The van der Waals surface area contributed by atoms with Gasteiger partial charge in [0.2, 0.25) is 11.8 Å². The number of likely N-dealkylation sites (tertiary alicyclic amines) is 1. The van der Waals surface area contributed by atoms with Gasteiger partial charge in [-0.15, -0.1) is 35.3 Å². The number of carbonyl (C=O) groups excluding carboxylic acids is 2. The summed E-state index contributed by atoms with van der Waals surface area (Å²) < 4.78 is 0. The first-order valence-corrected chi connectivity index (χ1v) is 11.5. The number of hydrogen-bond donors (Lipinski definition) is 2. The van der Waals surface area contributed by atoms with Crippen LogP contribution in [0.1, 0.15) is 37.0 Å². The lowest BCUT2D eigenvalue weighted by Crippen LogP contribution is -2.46. The first-order chi connectivity index (χ1) is 14.0. The molecule has 1 saturated carbocycles. The van der Waals surface area contributed by atoms with Crippen molar-refractivity contribution in [1.29, 1.82) is 0 Å². The summed E-state index contributed by atoms with van der Waals surface area (Å²) >= 11 is 1.74. The number of rotatable bonds is 7. The Bertz CT molecular complexity index is 704. The van der Waals surface area contributed by atoms with Crippen LogP contribution in [0.3, 0.4) is 0 Å². The zero-order valence-electron chi connectivity index (χ0n) is 17.9. The molecule has 30 heavy (non-hydrogen) atoms. The molecule has 1 saturated heterocycles. The van der Waals surface area contributed by atoms with Crippen molar-refractivity contribution in [2.75, 3.05) is 40.3 Å². The molecule has 1 aromatic rings. The van der Waals surface area contributed by atoms with Crippen LogP contribution in [-0.4, -0.2) is 73.9 Å². The molecule has 2 aliphatic rings. The van der Waals surface area contributed by atoms with E-state index in [1.807, 2.05) is 4.90 Å². The van der Waals surface area contributed by atoms with Crippen LogP contribution in [0.25, 0.3) is 0 Å². The van der Waals surface area contributed by atoms with Gasteiger partial charge in [0.15, 0.2) is 5.96 Å². The Kier molecular flexibility index (Phi) is 10.4. The second-order valence-electron chi connectivity index (χ2n) is 8.10. The minimum atomic E-state index is -0.0335. The topological polar surface area (TPSA) is 77.0 Å². The maximum Gasteiger partial charge on any atom is 0.243 e. The number of carbonyl (C=O) groups is 2. The summed E-state index contributed by atoms with van der Waals surface area (Å²) in [6, 6.07) is 4.34. The summed E-state index contributed by atoms with van der Waals surface area (Å²) in [4.78, 5) is 34.0. The molecular weight excluding hydrogens is 513 g/mol. The van der Waals surface area contributed by atoms with E-state index >= 15 is 0 Å². The summed E-state index contributed by atoms with van der Waals surface area (Å²) in [5, 5.41) is 8.87. The molecule has 9 heteroatoms. The highest BCUT2D eigenvalue weighted by Crippen LogP contribution is 2.27. The number of nitrogens with one attached hydrogen (secondary N) is 2. The van der Waals surface area contributed by atoms with Crippen LogP contribution in [0.2, 0.25) is 0 Å². The molecule has 0 aromatic carbocycles. The first-order valence-electron chi connectivity index (χ1n) is 10.6. The van der Waals surface area contributed by atoms with E-state index in [1.165, 1.54) is 17.7 Å². The average molecular weight is 548 g/mol. The maximum atomic E-state index is 12.7. The lowest BCUT2D eigenvalue weighted by atomic mass is 10.1. The summed E-state index contributed by atoms with van der Waals surface area (Å²) in [6.45, 7) is 2.37. The number of amides is 2. The van der Waals surface area contributed by atoms with Crippen LogP contribution in [0.5, 0.6) is 0 Å². The van der Waals surface area contributed by atoms with Gasteiger partial charge in [-0.3, -0.25) is 9.59 Å². The van der Waals surface area contributed by atoms with Gasteiger partial charge < -0.3 is 20.4 Å². The normalized spacial score (nSPS) is 19.5. The molecule has 2 fully saturated rings. The van der Waals surface area contributed by atoms with E-state index in [4.69, 9.17) is 0 Å². The number of thiophene rings is 1. The Morgan fingerprint density at radius 1 is 1.27 bits per heavy atom. The van der Waals surface area contributed by atoms with Gasteiger partial charge in [0, 0.05) is 50.6 Å². The van der Waals surface area contributed by atoms with Crippen LogP contribution in [0, 0.1) is 5.92 Å². The number of halogens is 1. The van der Waals surface area contributed by atoms with E-state index in [-0.39, 0.29) is 48.4 Å². The van der Waals surface area contributed by atoms with Crippen LogP contribution < -0.4 is 10.6 Å². The molecule has 1 aromatic heterocycles. The van der Waals surface area contributed by atoms with Gasteiger partial charge >= 0.3 is 0 Å². The van der Waals surface area contributed by atoms with Gasteiger partial charge in [-0.1, -0.05) is 18.9 Å². The molecule has 1 aliphatic heterocycles. The van der Waals surface area contributed by atoms with Crippen LogP contribution in [-0.2, 0) is 16.0 Å². The van der Waals surface area contributed by atoms with Crippen molar-refractivity contribution in [3.8, 4) is 0 Å². The van der Waals surface area contributed by atoms with Gasteiger partial charge in [0.25, 0.3) is 0 Å². The second-order valence-corrected chi connectivity index (χ2v) is 9.14. The highest BCUT2D eigenvalue weighted by molar-refractivity contribution is 14.0. The second kappa shape index (κ2) is 12.5. The van der Waals surface area contributed by atoms with E-state index in [1.54, 1.807) is 30.3 Å². The van der Waals surface area contributed by atoms with E-state index < -0.39 is 0 Å². The van der Waals surface area contributed by atoms with Gasteiger partial charge in [0.05, 0.1) is 0 Å². The Labute approximate surface area is 200 Å². The molecule has 3 rings (SSSR count). The quantitative estimate of drug-likeness (QED) is 0.312. The minimum absolute atomic E-state index is 0. The molecule has 2 N–H and O–H groups in total. The zero-order chi connectivity index (χ0) is 20.6. The van der Waals surface area contributed by atoms with Gasteiger partial charge in [-0.25, -0.2) is 4.99 Å². The van der Waals surface area contributed by atoms with Crippen molar-refractivity contribution in [1.82, 2.24) is 20.4 Å². The molecule has 7 nitrogen and oxygen atoms in total. The highest BCUT2D eigenvalue weighted by Gasteiger charge is 2.32. The number of hydrogen-bond acceptors (Lipinski definition) is 4. The Hall–Kier alpha value is -1.36. The fraction of sp³-hybridized carbons (Fsp3) is 0.667. The lowest BCUT2D eigenvalue weighted by Gasteiger charge is -2.21. The van der Waals surface area contributed by atoms with Crippen molar-refractivity contribution in [3.63, 3.8) is 0 Å². The standard InChI is InChI=1S/C21H33N5O2S.HI/c1-25(2)19(27)14-23-21(22-11-9-18-8-5-13-29-18)24-17-10-12-26(15-17)20(28)16-6-3-4-7-16;/h5,8,13,16-17H,3-4,6-7,9-12,14-15H2,1-2H3,(H2,22,23,24);1H. The van der Waals surface area contributed by atoms with Gasteiger partial charge in [0.1, 0.15) is 6.54 Å². The molecule has 1 unspecified atom stereocenters. The Morgan fingerprint density at radius 2 is 2.03 bits per heavy atom. The number of likely N-dealkylation sites (N-methyl/N-ethyl adjacent to an activating group) is 1. The Morgan fingerprint density at radius 3 is 2.70 bits per heavy atom. The van der Waals surface area contributed by atoms with E-state index in [2.05, 4.69) is 33.1 Å². The number of aliphatic imine (C=N–C) groups is 1. The summed E-state index contributed by atoms with van der Waals surface area (Å²) in [6.07, 6.45) is 6.25. The third-order valence-corrected chi connectivity index (χ3v) is 6.60. The largest absolute Gasteiger partial charge is 0.356 e. The highest BCUT2D eigenvalue weighted by atomic mass is 127. The van der Waals surface area contributed by atoms with Crippen molar-refractivity contribution in [2.24, 2.45) is 10.9 Å². The van der Waals surface area contributed by atoms with Crippen molar-refractivity contribution >= 4 is 53.1 Å². The lowest BCUT2D eigenvalue weighted by molar-refractivity contribution is -0.134. The average Bonchev–Trinajstić information content (AvgIpc) is 3.47. The third kappa shape index (κ3) is 7.40. The molecule has 2 amide bonds. The summed E-state index contributed by atoms with van der Waals surface area (Å²) in [7, 11) is 3.47. The monoisotopic (exact) mass is 547 g/mol. The fourth-order valence-electron chi connectivity index (χ4n) is 3.90. The Balaban J connectivity index is 0.00000320. The molecule has 2 heterocycles. The van der Waals surface area contributed by atoms with E-state index in [0.717, 1.165) is 38.8 Å². The molecule has 1 atom stereocenters. The SMILES string of the molecule is CN(C)C(=O)CN=C(NCCc1cccs1)NC1CCN(C(=O)C2CCCC2)C1.I. The molecule has 0 radical (unpaired) electrons. The third-order valence-electron chi connectivity index (χ3n) is 5.66. The molecular formula is C21H34IN5O2S. The fourth-order valence-corrected chi connectivity index (χ4v) is 4.61. The summed E-state index contributed by atoms with van der Waals surface area (Å²) in [5.74, 6) is 1.16. The minimum Gasteiger partial charge on any atom is -0.356 e. The maximum absolute atomic E-state index is 12.7. The van der Waals surface area contributed by atoms with Crippen LogP contribution in [0.15, 0.2) is 22.5 Å². The van der Waals surface area contributed by atoms with Gasteiger partial charge in [-0.05, 0) is 37.1 Å². The molecule has 168 valence electrons. The predicted molar refractivity (Wildman–Crippen MR) is 133 cm³/mol. The molecule has 1 aliphatic carbocycles. The van der Waals surface area contributed by atoms with Crippen LogP contribution >= 0.6 is 35.3 Å². The zero-order valence-corrected chi connectivity index (χ0v) is 21.1. The molecule has 0 bridgehead atoms. The van der Waals surface area contributed by atoms with Crippen LogP contribution in [0.4, 0.5) is 0 Å². The first kappa shape index (κ1) is 24.9. The number of guanidine groups is 1. The number of nitrogens with zero attached hydrogens (tertiary/aromatic N) is 3. The van der Waals surface area contributed by atoms with Crippen molar-refractivity contribution < 1.29 is 9.59 Å². The predicted octanol–water partition coefficient (Wildman–Crippen LogP) is 2.32. The van der Waals surface area contributed by atoms with Gasteiger partial charge in [-0.2, -0.15) is 0 Å². The van der Waals surface area contributed by atoms with Crippen molar-refractivity contribution in [3.05, 3.63) is 22.4 Å². The smallest absolute Gasteiger partial charge is 0.243 e. The van der Waals surface area contributed by atoms with Crippen molar-refractivity contribution in [2.45, 2.75) is 44.6 Å². The van der Waals surface area contributed by atoms with E-state index in [0.29, 0.717) is 18.4 Å². The molecule has 0 spiro atoms. The van der Waals surface area contributed by atoms with E-state index in [9.17, 15) is 9.59 Å². The summed E-state index contributed by atoms with van der Waals surface area (Å²) in [5.41, 5.74) is 0.